The van der Waals surface area contributed by atoms with Crippen molar-refractivity contribution in [3.05, 3.63) is 21.9 Å². The van der Waals surface area contributed by atoms with Crippen LogP contribution in [0, 0.1) is 11.8 Å². The normalized spacial score (nSPS) is 25.8. The Balaban J connectivity index is 2.13. The van der Waals surface area contributed by atoms with Crippen LogP contribution in [0.25, 0.3) is 0 Å². The van der Waals surface area contributed by atoms with Gasteiger partial charge < -0.3 is 30.5 Å². The average molecular weight is 526 g/mol. The number of hydrogen-bond acceptors (Lipinski definition) is 6. The van der Waals surface area contributed by atoms with Gasteiger partial charge in [0.05, 0.1) is 35.0 Å². The van der Waals surface area contributed by atoms with E-state index < -0.39 is 79.0 Å². The number of alkyl halides is 2. The maximum atomic E-state index is 14.1. The summed E-state index contributed by atoms with van der Waals surface area (Å²) in [6.45, 7) is 1.66. The van der Waals surface area contributed by atoms with Crippen LogP contribution < -0.4 is 10.6 Å². The molecule has 0 aromatic carbocycles. The minimum atomic E-state index is -3.42. The molecule has 1 fully saturated rings. The van der Waals surface area contributed by atoms with Crippen LogP contribution in [-0.4, -0.2) is 75.7 Å². The smallest absolute Gasteiger partial charge is 0.305 e. The van der Waals surface area contributed by atoms with Gasteiger partial charge in [-0.25, -0.2) is 8.78 Å². The molecule has 1 aliphatic carbocycles. The number of carboxylic acids is 1. The molecular formula is C20H23Cl2F2N3O7. The zero-order chi connectivity index (χ0) is 26.0. The number of aliphatic hydroxyl groups excluding tert-OH is 1. The van der Waals surface area contributed by atoms with Crippen LogP contribution in [0.15, 0.2) is 21.9 Å². The molecule has 2 aliphatic rings. The lowest BCUT2D eigenvalue weighted by molar-refractivity contribution is -0.143. The van der Waals surface area contributed by atoms with Crippen molar-refractivity contribution in [2.45, 2.75) is 50.7 Å². The molecule has 14 heteroatoms. The van der Waals surface area contributed by atoms with E-state index in [0.717, 1.165) is 0 Å². The van der Waals surface area contributed by atoms with Crippen LogP contribution in [0.5, 0.6) is 0 Å². The number of aliphatic carboxylic acids is 1. The van der Waals surface area contributed by atoms with Gasteiger partial charge in [0.1, 0.15) is 24.1 Å². The molecular weight excluding hydrogens is 503 g/mol. The highest BCUT2D eigenvalue weighted by atomic mass is 35.5. The highest BCUT2D eigenvalue weighted by molar-refractivity contribution is 6.36. The van der Waals surface area contributed by atoms with Crippen molar-refractivity contribution in [1.82, 2.24) is 15.5 Å². The Labute approximate surface area is 202 Å². The second kappa shape index (κ2) is 10.7. The van der Waals surface area contributed by atoms with E-state index in [1.807, 2.05) is 5.32 Å². The summed E-state index contributed by atoms with van der Waals surface area (Å²) >= 11 is 11.8. The first-order valence-electron chi connectivity index (χ1n) is 10.1. The maximum Gasteiger partial charge on any atom is 0.305 e. The standard InChI is InChI=1S/C20H23Cl2F2N3O7/c1-8-11(4-12(21)16(31)15(8)22)17(32)25-9(2)19(34)27-7-20(23,24)5-13(27)18(33)26-10(6-28)3-14(29)30/h4,6,8-11,13,31H,3,5,7H2,1-2H3,(H,25,32)(H,26,33)(H,29,30)/t8?,9-,10-,11?,13-/m0/s1. The lowest BCUT2D eigenvalue weighted by atomic mass is 9.88. The third kappa shape index (κ3) is 6.23. The molecule has 0 spiro atoms. The molecule has 1 saturated heterocycles. The largest absolute Gasteiger partial charge is 0.505 e. The van der Waals surface area contributed by atoms with Gasteiger partial charge in [0, 0.05) is 12.3 Å². The Morgan fingerprint density at radius 3 is 2.44 bits per heavy atom. The van der Waals surface area contributed by atoms with E-state index in [2.05, 4.69) is 5.32 Å². The summed E-state index contributed by atoms with van der Waals surface area (Å²) < 4.78 is 28.2. The maximum absolute atomic E-state index is 14.1. The predicted octanol–water partition coefficient (Wildman–Crippen LogP) is 1.28. The van der Waals surface area contributed by atoms with Gasteiger partial charge in [0.15, 0.2) is 0 Å². The van der Waals surface area contributed by atoms with Gasteiger partial charge in [-0.2, -0.15) is 0 Å². The Hall–Kier alpha value is -2.73. The fraction of sp³-hybridized carbons (Fsp3) is 0.550. The van der Waals surface area contributed by atoms with E-state index in [1.54, 1.807) is 0 Å². The number of carboxylic acid groups (broad SMARTS) is 1. The fourth-order valence-electron chi connectivity index (χ4n) is 3.67. The number of halogens is 4. The number of amides is 3. The molecule has 0 aromatic heterocycles. The fourth-order valence-corrected chi connectivity index (χ4v) is 4.20. The molecule has 0 bridgehead atoms. The summed E-state index contributed by atoms with van der Waals surface area (Å²) in [5, 5.41) is 22.7. The topological polar surface area (TPSA) is 153 Å². The van der Waals surface area contributed by atoms with E-state index in [1.165, 1.54) is 19.9 Å². The van der Waals surface area contributed by atoms with Gasteiger partial charge in [0.25, 0.3) is 5.92 Å². The number of likely N-dealkylation sites (tertiary alicyclic amines) is 1. The Morgan fingerprint density at radius 2 is 1.88 bits per heavy atom. The third-order valence-electron chi connectivity index (χ3n) is 5.49. The number of aliphatic hydroxyl groups is 1. The van der Waals surface area contributed by atoms with Crippen LogP contribution >= 0.6 is 23.2 Å². The number of carbonyl (C=O) groups excluding carboxylic acids is 4. The second-order valence-corrected chi connectivity index (χ2v) is 8.96. The molecule has 10 nitrogen and oxygen atoms in total. The van der Waals surface area contributed by atoms with Gasteiger partial charge >= 0.3 is 5.97 Å². The molecule has 5 atom stereocenters. The molecule has 0 saturated carbocycles. The summed E-state index contributed by atoms with van der Waals surface area (Å²) in [6.07, 6.45) is -0.416. The minimum absolute atomic E-state index is 0.0614. The summed E-state index contributed by atoms with van der Waals surface area (Å²) in [4.78, 5) is 60.4. The van der Waals surface area contributed by atoms with E-state index in [-0.39, 0.29) is 22.1 Å². The van der Waals surface area contributed by atoms with Crippen molar-refractivity contribution in [3.63, 3.8) is 0 Å². The molecule has 4 N–H and O–H groups in total. The Bertz CT molecular complexity index is 956. The van der Waals surface area contributed by atoms with Crippen molar-refractivity contribution in [2.75, 3.05) is 6.54 Å². The summed E-state index contributed by atoms with van der Waals surface area (Å²) in [5.41, 5.74) is 0. The number of allylic oxidation sites excluding steroid dienone is 2. The molecule has 3 amide bonds. The number of aldehydes is 1. The molecule has 34 heavy (non-hydrogen) atoms. The summed E-state index contributed by atoms with van der Waals surface area (Å²) in [7, 11) is 0. The number of rotatable bonds is 8. The van der Waals surface area contributed by atoms with Gasteiger partial charge in [-0.05, 0) is 13.0 Å². The lowest BCUT2D eigenvalue weighted by Gasteiger charge is -2.29. The predicted molar refractivity (Wildman–Crippen MR) is 115 cm³/mol. The summed E-state index contributed by atoms with van der Waals surface area (Å²) in [5.74, 6) is -9.67. The number of nitrogens with zero attached hydrogens (tertiary/aromatic N) is 1. The van der Waals surface area contributed by atoms with E-state index in [9.17, 15) is 37.9 Å². The minimum Gasteiger partial charge on any atom is -0.505 e. The first kappa shape index (κ1) is 27.5. The highest BCUT2D eigenvalue weighted by Gasteiger charge is 2.51. The zero-order valence-electron chi connectivity index (χ0n) is 18.1. The van der Waals surface area contributed by atoms with Gasteiger partial charge in [-0.3, -0.25) is 19.2 Å². The van der Waals surface area contributed by atoms with Crippen molar-refractivity contribution < 1.29 is 43.0 Å². The van der Waals surface area contributed by atoms with Crippen LogP contribution in [0.4, 0.5) is 8.78 Å². The Kier molecular flexibility index (Phi) is 8.65. The van der Waals surface area contributed by atoms with Crippen LogP contribution in [0.2, 0.25) is 0 Å². The molecule has 2 unspecified atom stereocenters. The quantitative estimate of drug-likeness (QED) is 0.348. The Morgan fingerprint density at radius 1 is 1.26 bits per heavy atom. The molecule has 1 heterocycles. The second-order valence-electron chi connectivity index (χ2n) is 8.15. The SMILES string of the molecule is CC1C(Cl)=C(O)C(Cl)=CC1C(=O)N[C@@H](C)C(=O)N1CC(F)(F)C[C@H]1C(=O)N[C@H](C=O)CC(=O)O. The zero-order valence-corrected chi connectivity index (χ0v) is 19.6. The number of hydrogen-bond donors (Lipinski definition) is 4. The van der Waals surface area contributed by atoms with Crippen molar-refractivity contribution in [3.8, 4) is 0 Å². The first-order valence-corrected chi connectivity index (χ1v) is 10.9. The van der Waals surface area contributed by atoms with Gasteiger partial charge in [-0.1, -0.05) is 30.1 Å². The average Bonchev–Trinajstić information content (AvgIpc) is 3.08. The van der Waals surface area contributed by atoms with Crippen LogP contribution in [-0.2, 0) is 24.0 Å². The number of nitrogens with one attached hydrogen (secondary N) is 2. The van der Waals surface area contributed by atoms with Gasteiger partial charge in [-0.15, -0.1) is 0 Å². The third-order valence-corrected chi connectivity index (χ3v) is 6.32. The summed E-state index contributed by atoms with van der Waals surface area (Å²) in [6, 6.07) is -4.49. The van der Waals surface area contributed by atoms with Crippen molar-refractivity contribution in [2.24, 2.45) is 11.8 Å². The monoisotopic (exact) mass is 525 g/mol. The van der Waals surface area contributed by atoms with E-state index in [4.69, 9.17) is 28.3 Å². The lowest BCUT2D eigenvalue weighted by Crippen LogP contribution is -2.54. The van der Waals surface area contributed by atoms with Crippen LogP contribution in [0.3, 0.4) is 0 Å². The highest BCUT2D eigenvalue weighted by Crippen LogP contribution is 2.37. The van der Waals surface area contributed by atoms with Crippen molar-refractivity contribution >= 4 is 53.2 Å². The molecule has 0 radical (unpaired) electrons. The molecule has 188 valence electrons. The van der Waals surface area contributed by atoms with E-state index in [0.29, 0.717) is 4.90 Å². The number of carbonyl (C=O) groups is 5. The molecule has 1 aliphatic heterocycles. The van der Waals surface area contributed by atoms with E-state index >= 15 is 0 Å². The molecule has 2 rings (SSSR count). The first-order chi connectivity index (χ1) is 15.7. The van der Waals surface area contributed by atoms with Crippen molar-refractivity contribution in [1.29, 1.82) is 0 Å². The molecule has 0 aromatic rings. The van der Waals surface area contributed by atoms with Gasteiger partial charge in [0.2, 0.25) is 17.7 Å². The van der Waals surface area contributed by atoms with Crippen LogP contribution in [0.1, 0.15) is 26.7 Å².